The Hall–Kier alpha value is -2.73. The minimum absolute atomic E-state index is 0.182. The highest BCUT2D eigenvalue weighted by molar-refractivity contribution is 6.13. The van der Waals surface area contributed by atoms with E-state index in [9.17, 15) is 9.59 Å². The molecule has 0 fully saturated rings. The molecule has 0 bridgehead atoms. The first kappa shape index (κ1) is 13.3. The number of hydrogen-bond acceptors (Lipinski definition) is 4. The van der Waals surface area contributed by atoms with E-state index in [0.717, 1.165) is 11.1 Å². The third kappa shape index (κ3) is 2.75. The average Bonchev–Trinajstić information content (AvgIpc) is 2.63. The minimum Gasteiger partial charge on any atom is -0.324 e. The number of nitrogens with one attached hydrogen (secondary N) is 2. The van der Waals surface area contributed by atoms with E-state index in [-0.39, 0.29) is 24.3 Å². The second kappa shape index (κ2) is 5.34. The molecule has 0 saturated heterocycles. The fourth-order valence-corrected chi connectivity index (χ4v) is 2.25. The summed E-state index contributed by atoms with van der Waals surface area (Å²) in [6.07, 6.45) is 3.21. The molecule has 6 heteroatoms. The van der Waals surface area contributed by atoms with Crippen LogP contribution in [0.2, 0.25) is 0 Å². The number of carbonyl (C=O) groups excluding carboxylic acids is 2. The van der Waals surface area contributed by atoms with E-state index >= 15 is 0 Å². The van der Waals surface area contributed by atoms with Gasteiger partial charge < -0.3 is 16.4 Å². The monoisotopic (exact) mass is 282 g/mol. The van der Waals surface area contributed by atoms with Crippen molar-refractivity contribution < 1.29 is 9.59 Å². The molecular formula is C15H14N4O2. The number of pyridine rings is 1. The van der Waals surface area contributed by atoms with Crippen LogP contribution in [0.5, 0.6) is 0 Å². The predicted octanol–water partition coefficient (Wildman–Crippen LogP) is 1.41. The lowest BCUT2D eigenvalue weighted by Crippen LogP contribution is -2.16. The van der Waals surface area contributed by atoms with Crippen LogP contribution in [0.1, 0.15) is 23.6 Å². The first-order valence-electron chi connectivity index (χ1n) is 6.52. The maximum absolute atomic E-state index is 11.6. The third-order valence-corrected chi connectivity index (χ3v) is 3.32. The van der Waals surface area contributed by atoms with Crippen molar-refractivity contribution >= 4 is 23.2 Å². The van der Waals surface area contributed by atoms with Gasteiger partial charge in [0.2, 0.25) is 11.8 Å². The van der Waals surface area contributed by atoms with Gasteiger partial charge in [-0.1, -0.05) is 12.1 Å². The van der Waals surface area contributed by atoms with Crippen molar-refractivity contribution in [2.24, 2.45) is 5.73 Å². The van der Waals surface area contributed by atoms with Gasteiger partial charge >= 0.3 is 0 Å². The van der Waals surface area contributed by atoms with Crippen molar-refractivity contribution in [2.45, 2.75) is 12.5 Å². The number of carbonyl (C=O) groups is 2. The van der Waals surface area contributed by atoms with Crippen molar-refractivity contribution in [2.75, 3.05) is 10.6 Å². The van der Waals surface area contributed by atoms with Crippen molar-refractivity contribution in [1.82, 2.24) is 4.98 Å². The third-order valence-electron chi connectivity index (χ3n) is 3.32. The number of rotatable bonds is 2. The van der Waals surface area contributed by atoms with Crippen molar-refractivity contribution in [3.05, 3.63) is 53.9 Å². The summed E-state index contributed by atoms with van der Waals surface area (Å²) in [7, 11) is 0. The molecule has 0 spiro atoms. The Morgan fingerprint density at radius 1 is 1.05 bits per heavy atom. The summed E-state index contributed by atoms with van der Waals surface area (Å²) in [5.41, 5.74) is 9.05. The molecule has 1 aliphatic heterocycles. The van der Waals surface area contributed by atoms with E-state index < -0.39 is 0 Å². The van der Waals surface area contributed by atoms with Crippen molar-refractivity contribution in [3.63, 3.8) is 0 Å². The van der Waals surface area contributed by atoms with Crippen LogP contribution in [0, 0.1) is 0 Å². The molecule has 3 rings (SSSR count). The highest BCUT2D eigenvalue weighted by Crippen LogP contribution is 2.29. The normalized spacial score (nSPS) is 15.5. The molecule has 0 saturated carbocycles. The number of nitrogens with zero attached hydrogens (tertiary/aromatic N) is 1. The molecule has 106 valence electrons. The Kier molecular flexibility index (Phi) is 3.37. The second-order valence-electron chi connectivity index (χ2n) is 4.84. The van der Waals surface area contributed by atoms with E-state index in [1.807, 2.05) is 18.2 Å². The van der Waals surface area contributed by atoms with Crippen LogP contribution >= 0.6 is 0 Å². The molecule has 2 amide bonds. The van der Waals surface area contributed by atoms with Crippen LogP contribution in [0.3, 0.4) is 0 Å². The van der Waals surface area contributed by atoms with Gasteiger partial charge in [-0.25, -0.2) is 0 Å². The highest BCUT2D eigenvalue weighted by atomic mass is 16.2. The highest BCUT2D eigenvalue weighted by Gasteiger charge is 2.19. The molecule has 1 aliphatic rings. The number of nitrogens with two attached hydrogens (primary N) is 1. The van der Waals surface area contributed by atoms with Crippen LogP contribution in [-0.2, 0) is 9.59 Å². The number of fused-ring (bicyclic) bond motifs is 1. The van der Waals surface area contributed by atoms with Gasteiger partial charge in [-0.3, -0.25) is 14.6 Å². The quantitative estimate of drug-likeness (QED) is 0.725. The summed E-state index contributed by atoms with van der Waals surface area (Å²) >= 11 is 0. The van der Waals surface area contributed by atoms with Crippen molar-refractivity contribution in [3.8, 4) is 0 Å². The standard InChI is InChI=1S/C15H14N4O2/c16-15(10-2-1-5-17-8-10)9-3-4-11-12(6-9)19-14(21)7-13(20)18-11/h1-6,8,15H,7,16H2,(H,18,20)(H,19,21). The van der Waals surface area contributed by atoms with Crippen LogP contribution in [-0.4, -0.2) is 16.8 Å². The Morgan fingerprint density at radius 2 is 1.81 bits per heavy atom. The molecule has 1 atom stereocenters. The lowest BCUT2D eigenvalue weighted by atomic mass is 10.00. The average molecular weight is 282 g/mol. The van der Waals surface area contributed by atoms with Crippen LogP contribution in [0.15, 0.2) is 42.7 Å². The first-order valence-corrected chi connectivity index (χ1v) is 6.52. The Balaban J connectivity index is 1.96. The zero-order valence-corrected chi connectivity index (χ0v) is 11.2. The molecule has 4 N–H and O–H groups in total. The van der Waals surface area contributed by atoms with E-state index in [2.05, 4.69) is 15.6 Å². The van der Waals surface area contributed by atoms with Crippen LogP contribution < -0.4 is 16.4 Å². The summed E-state index contributed by atoms with van der Waals surface area (Å²) < 4.78 is 0. The summed E-state index contributed by atoms with van der Waals surface area (Å²) in [5, 5.41) is 5.39. The number of benzene rings is 1. The van der Waals surface area contributed by atoms with Gasteiger partial charge in [0.25, 0.3) is 0 Å². The summed E-state index contributed by atoms with van der Waals surface area (Å²) in [4.78, 5) is 27.1. The number of aromatic nitrogens is 1. The molecule has 2 heterocycles. The molecule has 0 aliphatic carbocycles. The van der Waals surface area contributed by atoms with Gasteiger partial charge in [-0.05, 0) is 29.3 Å². The molecule has 1 unspecified atom stereocenters. The van der Waals surface area contributed by atoms with Gasteiger partial charge in [0.15, 0.2) is 0 Å². The van der Waals surface area contributed by atoms with Crippen molar-refractivity contribution in [1.29, 1.82) is 0 Å². The molecule has 1 aromatic heterocycles. The summed E-state index contributed by atoms with van der Waals surface area (Å²) in [6, 6.07) is 8.71. The lowest BCUT2D eigenvalue weighted by Gasteiger charge is -2.15. The smallest absolute Gasteiger partial charge is 0.233 e. The topological polar surface area (TPSA) is 97.1 Å². The Morgan fingerprint density at radius 3 is 2.52 bits per heavy atom. The zero-order valence-electron chi connectivity index (χ0n) is 11.2. The van der Waals surface area contributed by atoms with Gasteiger partial charge in [-0.2, -0.15) is 0 Å². The number of hydrogen-bond donors (Lipinski definition) is 3. The molecule has 1 aromatic carbocycles. The maximum atomic E-state index is 11.6. The Labute approximate surface area is 121 Å². The number of amides is 2. The zero-order chi connectivity index (χ0) is 14.8. The predicted molar refractivity (Wildman–Crippen MR) is 78.6 cm³/mol. The van der Waals surface area contributed by atoms with E-state index in [1.54, 1.807) is 24.5 Å². The van der Waals surface area contributed by atoms with E-state index in [1.165, 1.54) is 0 Å². The van der Waals surface area contributed by atoms with E-state index in [0.29, 0.717) is 11.4 Å². The van der Waals surface area contributed by atoms with Gasteiger partial charge in [0, 0.05) is 12.4 Å². The molecule has 21 heavy (non-hydrogen) atoms. The second-order valence-corrected chi connectivity index (χ2v) is 4.84. The largest absolute Gasteiger partial charge is 0.324 e. The first-order chi connectivity index (χ1) is 10.1. The summed E-state index contributed by atoms with van der Waals surface area (Å²) in [6.45, 7) is 0. The molecule has 6 nitrogen and oxygen atoms in total. The number of anilines is 2. The fourth-order valence-electron chi connectivity index (χ4n) is 2.25. The maximum Gasteiger partial charge on any atom is 0.233 e. The summed E-state index contributed by atoms with van der Waals surface area (Å²) in [5.74, 6) is -0.658. The fraction of sp³-hybridized carbons (Fsp3) is 0.133. The lowest BCUT2D eigenvalue weighted by molar-refractivity contribution is -0.123. The van der Waals surface area contributed by atoms with E-state index in [4.69, 9.17) is 5.73 Å². The van der Waals surface area contributed by atoms with Crippen LogP contribution in [0.4, 0.5) is 11.4 Å². The van der Waals surface area contributed by atoms with Gasteiger partial charge in [-0.15, -0.1) is 0 Å². The Bertz CT molecular complexity index is 700. The van der Waals surface area contributed by atoms with Crippen LogP contribution in [0.25, 0.3) is 0 Å². The van der Waals surface area contributed by atoms with Gasteiger partial charge in [0.05, 0.1) is 17.4 Å². The minimum atomic E-state index is -0.347. The SMILES string of the molecule is NC(c1cccnc1)c1ccc2c(c1)NC(=O)CC(=O)N2. The molecular weight excluding hydrogens is 268 g/mol. The molecule has 0 radical (unpaired) electrons. The van der Waals surface area contributed by atoms with Gasteiger partial charge in [0.1, 0.15) is 6.42 Å². The molecule has 2 aromatic rings.